The van der Waals surface area contributed by atoms with Gasteiger partial charge in [0.2, 0.25) is 0 Å². The fraction of sp³-hybridized carbons (Fsp3) is 0.400. The molecular formula is C15H22BrN5O. The Hall–Kier alpha value is -1.41. The summed E-state index contributed by atoms with van der Waals surface area (Å²) in [7, 11) is 0. The molecule has 0 saturated heterocycles. The molecule has 0 fully saturated rings. The maximum absolute atomic E-state index is 10.8. The van der Waals surface area contributed by atoms with Crippen molar-refractivity contribution in [1.29, 1.82) is 0 Å². The molecule has 0 bridgehead atoms. The first-order valence-corrected chi connectivity index (χ1v) is 8.15. The Morgan fingerprint density at radius 2 is 2.09 bits per heavy atom. The number of nitrogens with one attached hydrogen (secondary N) is 3. The van der Waals surface area contributed by atoms with E-state index in [1.165, 1.54) is 11.1 Å². The molecule has 1 aliphatic heterocycles. The van der Waals surface area contributed by atoms with Gasteiger partial charge in [-0.2, -0.15) is 0 Å². The van der Waals surface area contributed by atoms with Gasteiger partial charge in [0.25, 0.3) is 0 Å². The van der Waals surface area contributed by atoms with E-state index in [4.69, 9.17) is 5.84 Å². The molecule has 2 rings (SSSR count). The lowest BCUT2D eigenvalue weighted by atomic mass is 9.99. The number of halogens is 1. The van der Waals surface area contributed by atoms with Gasteiger partial charge in [0.15, 0.2) is 0 Å². The minimum absolute atomic E-state index is 0.431. The number of hydrogen-bond donors (Lipinski definition) is 4. The van der Waals surface area contributed by atoms with Crippen molar-refractivity contribution in [3.8, 4) is 0 Å². The van der Waals surface area contributed by atoms with Gasteiger partial charge in [0.05, 0.1) is 0 Å². The van der Waals surface area contributed by atoms with Crippen molar-refractivity contribution in [2.24, 2.45) is 5.84 Å². The number of rotatable bonds is 6. The molecule has 120 valence electrons. The highest BCUT2D eigenvalue weighted by molar-refractivity contribution is 9.10. The quantitative estimate of drug-likeness (QED) is 0.266. The zero-order valence-electron chi connectivity index (χ0n) is 12.4. The van der Waals surface area contributed by atoms with Crippen LogP contribution in [0.4, 0.5) is 4.79 Å². The van der Waals surface area contributed by atoms with Crippen LogP contribution in [0.15, 0.2) is 34.8 Å². The maximum Gasteiger partial charge on any atom is 0.343 e. The van der Waals surface area contributed by atoms with Gasteiger partial charge < -0.3 is 0 Å². The normalized spacial score (nSPS) is 15.3. The summed E-state index contributed by atoms with van der Waals surface area (Å²) in [5.74, 6) is 4.95. The third kappa shape index (κ3) is 5.42. The lowest BCUT2D eigenvalue weighted by Gasteiger charge is -2.26. The smallest absolute Gasteiger partial charge is 0.299 e. The second kappa shape index (κ2) is 8.89. The summed E-state index contributed by atoms with van der Waals surface area (Å²) in [6.07, 6.45) is 4.34. The van der Waals surface area contributed by atoms with Gasteiger partial charge in [-0.25, -0.2) is 16.1 Å². The van der Waals surface area contributed by atoms with E-state index in [9.17, 15) is 4.79 Å². The standard InChI is InChI=1S/C15H22BrN5O/c16-14-4-2-12(3-5-14)13-6-10-21(11-7-13)9-1-8-18-20-15(22)19-17/h2-6,18H,1,7-11,17H2,(H2,19,20,22). The van der Waals surface area contributed by atoms with E-state index in [1.807, 2.05) is 5.43 Å². The van der Waals surface area contributed by atoms with Crippen molar-refractivity contribution in [3.63, 3.8) is 0 Å². The summed E-state index contributed by atoms with van der Waals surface area (Å²) in [6.45, 7) is 3.76. The first-order chi connectivity index (χ1) is 10.7. The van der Waals surface area contributed by atoms with Crippen LogP contribution in [0, 0.1) is 0 Å². The lowest BCUT2D eigenvalue weighted by molar-refractivity contribution is 0.235. The lowest BCUT2D eigenvalue weighted by Crippen LogP contribution is -2.47. The minimum Gasteiger partial charge on any atom is -0.299 e. The van der Waals surface area contributed by atoms with E-state index >= 15 is 0 Å². The van der Waals surface area contributed by atoms with Crippen molar-refractivity contribution in [3.05, 3.63) is 40.4 Å². The largest absolute Gasteiger partial charge is 0.343 e. The Labute approximate surface area is 139 Å². The molecule has 0 spiro atoms. The number of urea groups is 1. The zero-order chi connectivity index (χ0) is 15.8. The van der Waals surface area contributed by atoms with Crippen molar-refractivity contribution in [1.82, 2.24) is 21.2 Å². The van der Waals surface area contributed by atoms with E-state index in [2.05, 4.69) is 62.0 Å². The summed E-state index contributed by atoms with van der Waals surface area (Å²) < 4.78 is 1.11. The summed E-state index contributed by atoms with van der Waals surface area (Å²) in [4.78, 5) is 13.2. The highest BCUT2D eigenvalue weighted by Crippen LogP contribution is 2.23. The Balaban J connectivity index is 1.68. The SMILES string of the molecule is NNC(=O)NNCCCN1CC=C(c2ccc(Br)cc2)CC1. The fourth-order valence-electron chi connectivity index (χ4n) is 2.41. The van der Waals surface area contributed by atoms with Crippen LogP contribution < -0.4 is 22.1 Å². The number of hydrazine groups is 2. The summed E-state index contributed by atoms with van der Waals surface area (Å²) in [5.41, 5.74) is 9.99. The number of hydrogen-bond acceptors (Lipinski definition) is 4. The van der Waals surface area contributed by atoms with Gasteiger partial charge >= 0.3 is 6.03 Å². The fourth-order valence-corrected chi connectivity index (χ4v) is 2.67. The third-order valence-electron chi connectivity index (χ3n) is 3.62. The monoisotopic (exact) mass is 367 g/mol. The molecule has 7 heteroatoms. The number of nitrogens with two attached hydrogens (primary N) is 1. The zero-order valence-corrected chi connectivity index (χ0v) is 14.0. The van der Waals surface area contributed by atoms with Crippen LogP contribution in [-0.2, 0) is 0 Å². The van der Waals surface area contributed by atoms with Crippen LogP contribution in [0.2, 0.25) is 0 Å². The molecule has 1 heterocycles. The topological polar surface area (TPSA) is 82.4 Å². The van der Waals surface area contributed by atoms with E-state index in [-0.39, 0.29) is 0 Å². The summed E-state index contributed by atoms with van der Waals surface area (Å²) in [5, 5.41) is 0. The van der Waals surface area contributed by atoms with Crippen molar-refractivity contribution < 1.29 is 4.79 Å². The Kier molecular flexibility index (Phi) is 6.85. The Morgan fingerprint density at radius 3 is 2.73 bits per heavy atom. The molecule has 0 saturated carbocycles. The number of nitrogens with zero attached hydrogens (tertiary/aromatic N) is 1. The summed E-state index contributed by atoms with van der Waals surface area (Å²) >= 11 is 3.46. The number of carbonyl (C=O) groups is 1. The van der Waals surface area contributed by atoms with Crippen molar-refractivity contribution in [2.45, 2.75) is 12.8 Å². The number of benzene rings is 1. The van der Waals surface area contributed by atoms with Crippen LogP contribution in [0.1, 0.15) is 18.4 Å². The van der Waals surface area contributed by atoms with Crippen LogP contribution in [0.3, 0.4) is 0 Å². The molecule has 1 aromatic carbocycles. The molecule has 6 nitrogen and oxygen atoms in total. The first-order valence-electron chi connectivity index (χ1n) is 7.36. The maximum atomic E-state index is 10.8. The Morgan fingerprint density at radius 1 is 1.32 bits per heavy atom. The first kappa shape index (κ1) is 17.0. The highest BCUT2D eigenvalue weighted by Gasteiger charge is 2.12. The molecule has 1 aromatic rings. The molecule has 0 atom stereocenters. The molecule has 5 N–H and O–H groups in total. The second-order valence-corrected chi connectivity index (χ2v) is 6.08. The molecule has 0 radical (unpaired) electrons. The molecule has 2 amide bonds. The van der Waals surface area contributed by atoms with Gasteiger partial charge in [-0.05, 0) is 42.7 Å². The van der Waals surface area contributed by atoms with E-state index in [1.54, 1.807) is 0 Å². The van der Waals surface area contributed by atoms with E-state index in [0.717, 1.165) is 36.9 Å². The molecular weight excluding hydrogens is 346 g/mol. The van der Waals surface area contributed by atoms with Crippen molar-refractivity contribution in [2.75, 3.05) is 26.2 Å². The predicted molar refractivity (Wildman–Crippen MR) is 91.7 cm³/mol. The van der Waals surface area contributed by atoms with Gasteiger partial charge in [0, 0.05) is 24.1 Å². The van der Waals surface area contributed by atoms with Crippen molar-refractivity contribution >= 4 is 27.5 Å². The predicted octanol–water partition coefficient (Wildman–Crippen LogP) is 1.61. The molecule has 22 heavy (non-hydrogen) atoms. The van der Waals surface area contributed by atoms with Gasteiger partial charge in [-0.1, -0.05) is 34.1 Å². The van der Waals surface area contributed by atoms with Gasteiger partial charge in [-0.3, -0.25) is 15.8 Å². The van der Waals surface area contributed by atoms with Crippen LogP contribution in [0.5, 0.6) is 0 Å². The average Bonchev–Trinajstić information content (AvgIpc) is 2.55. The number of carbonyl (C=O) groups excluding carboxylic acids is 1. The Bertz CT molecular complexity index is 517. The molecule has 0 aliphatic carbocycles. The van der Waals surface area contributed by atoms with E-state index < -0.39 is 6.03 Å². The van der Waals surface area contributed by atoms with Crippen LogP contribution in [-0.4, -0.2) is 37.1 Å². The van der Waals surface area contributed by atoms with Gasteiger partial charge in [0.1, 0.15) is 0 Å². The van der Waals surface area contributed by atoms with E-state index in [0.29, 0.717) is 6.54 Å². The van der Waals surface area contributed by atoms with Crippen LogP contribution in [0.25, 0.3) is 5.57 Å². The molecule has 0 unspecified atom stereocenters. The third-order valence-corrected chi connectivity index (χ3v) is 4.15. The highest BCUT2D eigenvalue weighted by atomic mass is 79.9. The van der Waals surface area contributed by atoms with Gasteiger partial charge in [-0.15, -0.1) is 0 Å². The second-order valence-electron chi connectivity index (χ2n) is 5.17. The van der Waals surface area contributed by atoms with Crippen LogP contribution >= 0.6 is 15.9 Å². The summed E-state index contributed by atoms with van der Waals surface area (Å²) in [6, 6.07) is 8.05. The minimum atomic E-state index is -0.431. The molecule has 1 aliphatic rings. The molecule has 0 aromatic heterocycles. The average molecular weight is 368 g/mol. The number of amides is 2.